The quantitative estimate of drug-likeness (QED) is 0.867. The number of aliphatic hydroxyl groups is 1. The van der Waals surface area contributed by atoms with Gasteiger partial charge in [-0.25, -0.2) is 0 Å². The normalized spacial score (nSPS) is 21.7. The van der Waals surface area contributed by atoms with Crippen molar-refractivity contribution in [1.29, 1.82) is 0 Å². The first kappa shape index (κ1) is 12.6. The van der Waals surface area contributed by atoms with Crippen molar-refractivity contribution in [2.24, 2.45) is 0 Å². The lowest BCUT2D eigenvalue weighted by Crippen LogP contribution is -2.41. The van der Waals surface area contributed by atoms with Gasteiger partial charge >= 0.3 is 0 Å². The molecule has 17 heavy (non-hydrogen) atoms. The lowest BCUT2D eigenvalue weighted by atomic mass is 10.00. The van der Waals surface area contributed by atoms with Gasteiger partial charge in [0.2, 0.25) is 0 Å². The second-order valence-corrected chi connectivity index (χ2v) is 5.23. The number of piperidine rings is 1. The Hall–Kier alpha value is -0.860. The molecule has 1 unspecified atom stereocenters. The predicted octanol–water partition coefficient (Wildman–Crippen LogP) is 2.65. The molecule has 1 N–H and O–H groups in total. The van der Waals surface area contributed by atoms with Gasteiger partial charge in [-0.3, -0.25) is 4.90 Å². The van der Waals surface area contributed by atoms with Crippen LogP contribution in [0.2, 0.25) is 0 Å². The summed E-state index contributed by atoms with van der Waals surface area (Å²) in [6.45, 7) is 6.72. The highest BCUT2D eigenvalue weighted by molar-refractivity contribution is 5.30. The van der Waals surface area contributed by atoms with Crippen LogP contribution in [0.5, 0.6) is 0 Å². The summed E-state index contributed by atoms with van der Waals surface area (Å²) in [5, 5.41) is 9.41. The molecule has 2 nitrogen and oxygen atoms in total. The fourth-order valence-electron chi connectivity index (χ4n) is 2.72. The third kappa shape index (κ3) is 3.08. The fraction of sp³-hybridized carbons (Fsp3) is 0.600. The van der Waals surface area contributed by atoms with Gasteiger partial charge in [0.25, 0.3) is 0 Å². The van der Waals surface area contributed by atoms with Crippen LogP contribution in [0.4, 0.5) is 0 Å². The Kier molecular flexibility index (Phi) is 4.19. The second-order valence-electron chi connectivity index (χ2n) is 5.23. The molecule has 1 aliphatic rings. The molecular weight excluding hydrogens is 210 g/mol. The summed E-state index contributed by atoms with van der Waals surface area (Å²) in [6.07, 6.45) is 3.66. The molecular formula is C15H23NO. The van der Waals surface area contributed by atoms with Crippen LogP contribution in [0.25, 0.3) is 0 Å². The van der Waals surface area contributed by atoms with E-state index in [1.54, 1.807) is 0 Å². The van der Waals surface area contributed by atoms with Crippen molar-refractivity contribution in [2.75, 3.05) is 13.2 Å². The van der Waals surface area contributed by atoms with Gasteiger partial charge < -0.3 is 5.11 Å². The zero-order chi connectivity index (χ0) is 12.3. The highest BCUT2D eigenvalue weighted by Crippen LogP contribution is 2.21. The molecule has 2 rings (SSSR count). The van der Waals surface area contributed by atoms with Gasteiger partial charge in [-0.05, 0) is 44.4 Å². The molecule has 2 heteroatoms. The zero-order valence-corrected chi connectivity index (χ0v) is 10.9. The Balaban J connectivity index is 2.08. The molecule has 1 aliphatic heterocycles. The lowest BCUT2D eigenvalue weighted by molar-refractivity contribution is 0.0839. The molecule has 1 heterocycles. The molecule has 1 aromatic carbocycles. The van der Waals surface area contributed by atoms with Crippen molar-refractivity contribution in [2.45, 2.75) is 45.7 Å². The minimum Gasteiger partial charge on any atom is -0.395 e. The van der Waals surface area contributed by atoms with Gasteiger partial charge in [0.05, 0.1) is 6.61 Å². The highest BCUT2D eigenvalue weighted by Gasteiger charge is 2.21. The van der Waals surface area contributed by atoms with Gasteiger partial charge in [-0.1, -0.05) is 30.2 Å². The monoisotopic (exact) mass is 233 g/mol. The maximum absolute atomic E-state index is 9.41. The average Bonchev–Trinajstić information content (AvgIpc) is 2.33. The summed E-state index contributed by atoms with van der Waals surface area (Å²) in [6, 6.07) is 7.02. The maximum atomic E-state index is 9.41. The molecule has 1 fully saturated rings. The molecule has 0 aromatic heterocycles. The van der Waals surface area contributed by atoms with E-state index in [0.29, 0.717) is 12.6 Å². The molecule has 0 bridgehead atoms. The van der Waals surface area contributed by atoms with Crippen LogP contribution < -0.4 is 0 Å². The number of aliphatic hydroxyl groups excluding tert-OH is 1. The summed E-state index contributed by atoms with van der Waals surface area (Å²) in [7, 11) is 0. The summed E-state index contributed by atoms with van der Waals surface area (Å²) in [5.41, 5.74) is 4.09. The van der Waals surface area contributed by atoms with Crippen molar-refractivity contribution in [3.63, 3.8) is 0 Å². The highest BCUT2D eigenvalue weighted by atomic mass is 16.3. The largest absolute Gasteiger partial charge is 0.395 e. The van der Waals surface area contributed by atoms with Crippen LogP contribution in [-0.4, -0.2) is 29.2 Å². The van der Waals surface area contributed by atoms with Crippen molar-refractivity contribution < 1.29 is 5.11 Å². The molecule has 1 aromatic rings. The number of benzene rings is 1. The second kappa shape index (κ2) is 5.65. The van der Waals surface area contributed by atoms with Crippen LogP contribution in [0.3, 0.4) is 0 Å². The van der Waals surface area contributed by atoms with Crippen LogP contribution in [0, 0.1) is 13.8 Å². The summed E-state index contributed by atoms with van der Waals surface area (Å²) < 4.78 is 0. The van der Waals surface area contributed by atoms with Crippen LogP contribution in [0.15, 0.2) is 18.2 Å². The van der Waals surface area contributed by atoms with E-state index in [1.807, 2.05) is 0 Å². The Morgan fingerprint density at radius 3 is 2.82 bits per heavy atom. The molecule has 0 aliphatic carbocycles. The van der Waals surface area contributed by atoms with E-state index in [4.69, 9.17) is 0 Å². The van der Waals surface area contributed by atoms with Crippen LogP contribution in [0.1, 0.15) is 36.0 Å². The van der Waals surface area contributed by atoms with Crippen molar-refractivity contribution >= 4 is 0 Å². The van der Waals surface area contributed by atoms with Gasteiger partial charge in [-0.2, -0.15) is 0 Å². The zero-order valence-electron chi connectivity index (χ0n) is 10.9. The third-order valence-electron chi connectivity index (χ3n) is 3.83. The number of nitrogens with zero attached hydrogens (tertiary/aromatic N) is 1. The van der Waals surface area contributed by atoms with E-state index < -0.39 is 0 Å². The van der Waals surface area contributed by atoms with E-state index in [0.717, 1.165) is 19.5 Å². The summed E-state index contributed by atoms with van der Waals surface area (Å²) in [4.78, 5) is 2.43. The van der Waals surface area contributed by atoms with Crippen LogP contribution in [-0.2, 0) is 6.54 Å². The van der Waals surface area contributed by atoms with Crippen molar-refractivity contribution in [3.05, 3.63) is 34.9 Å². The Morgan fingerprint density at radius 1 is 1.29 bits per heavy atom. The van der Waals surface area contributed by atoms with Crippen molar-refractivity contribution in [3.8, 4) is 0 Å². The summed E-state index contributed by atoms with van der Waals surface area (Å²) in [5.74, 6) is 0. The number of rotatable bonds is 3. The summed E-state index contributed by atoms with van der Waals surface area (Å²) >= 11 is 0. The average molecular weight is 233 g/mol. The molecule has 0 radical (unpaired) electrons. The third-order valence-corrected chi connectivity index (χ3v) is 3.83. The molecule has 0 amide bonds. The van der Waals surface area contributed by atoms with Gasteiger partial charge in [-0.15, -0.1) is 0 Å². The predicted molar refractivity (Wildman–Crippen MR) is 71.1 cm³/mol. The minimum atomic E-state index is 0.297. The first-order chi connectivity index (χ1) is 8.20. The van der Waals surface area contributed by atoms with E-state index in [1.165, 1.54) is 29.5 Å². The van der Waals surface area contributed by atoms with Crippen LogP contribution >= 0.6 is 0 Å². The maximum Gasteiger partial charge on any atom is 0.0586 e. The van der Waals surface area contributed by atoms with Crippen molar-refractivity contribution in [1.82, 2.24) is 4.90 Å². The Labute approximate surface area is 104 Å². The SMILES string of the molecule is Cc1ccc(CN2CCCCC2CO)c(C)c1. The number of hydrogen-bond acceptors (Lipinski definition) is 2. The molecule has 1 atom stereocenters. The minimum absolute atomic E-state index is 0.297. The smallest absolute Gasteiger partial charge is 0.0586 e. The van der Waals surface area contributed by atoms with E-state index in [-0.39, 0.29) is 0 Å². The van der Waals surface area contributed by atoms with E-state index in [2.05, 4.69) is 36.9 Å². The molecule has 1 saturated heterocycles. The number of likely N-dealkylation sites (tertiary alicyclic amines) is 1. The van der Waals surface area contributed by atoms with E-state index in [9.17, 15) is 5.11 Å². The van der Waals surface area contributed by atoms with E-state index >= 15 is 0 Å². The van der Waals surface area contributed by atoms with Gasteiger partial charge in [0, 0.05) is 12.6 Å². The Morgan fingerprint density at radius 2 is 2.12 bits per heavy atom. The number of aryl methyl sites for hydroxylation is 2. The molecule has 0 saturated carbocycles. The molecule has 0 spiro atoms. The fourth-order valence-corrected chi connectivity index (χ4v) is 2.72. The topological polar surface area (TPSA) is 23.5 Å². The lowest BCUT2D eigenvalue weighted by Gasteiger charge is -2.34. The molecule has 94 valence electrons. The number of hydrogen-bond donors (Lipinski definition) is 1. The van der Waals surface area contributed by atoms with Gasteiger partial charge in [0.15, 0.2) is 0 Å². The van der Waals surface area contributed by atoms with Gasteiger partial charge in [0.1, 0.15) is 0 Å². The standard InChI is InChI=1S/C15H23NO/c1-12-6-7-14(13(2)9-12)10-16-8-4-3-5-15(16)11-17/h6-7,9,15,17H,3-5,8,10-11H2,1-2H3. The Bertz CT molecular complexity index is 375. The first-order valence-electron chi connectivity index (χ1n) is 6.61. The first-order valence-corrected chi connectivity index (χ1v) is 6.61.